The van der Waals surface area contributed by atoms with Crippen LogP contribution in [0.3, 0.4) is 0 Å². The minimum Gasteiger partial charge on any atom is -0.496 e. The van der Waals surface area contributed by atoms with Crippen LogP contribution in [0.4, 0.5) is 11.4 Å². The second-order valence-electron chi connectivity index (χ2n) is 5.33. The molecule has 1 aliphatic heterocycles. The van der Waals surface area contributed by atoms with Gasteiger partial charge in [0, 0.05) is 24.4 Å². The van der Waals surface area contributed by atoms with E-state index in [9.17, 15) is 20.0 Å². The Morgan fingerprint density at radius 3 is 2.71 bits per heavy atom. The van der Waals surface area contributed by atoms with Gasteiger partial charge in [0.2, 0.25) is 0 Å². The number of hydrogen-bond donors (Lipinski definition) is 1. The lowest BCUT2D eigenvalue weighted by Crippen LogP contribution is -2.55. The molecule has 1 aliphatic rings. The molecular weight excluding hydrogens is 276 g/mol. The number of ether oxygens (including phenoxy) is 1. The van der Waals surface area contributed by atoms with Crippen molar-refractivity contribution >= 4 is 17.3 Å². The number of methoxy groups -OCH3 is 1. The molecule has 0 saturated carbocycles. The topological polar surface area (TPSA) is 92.9 Å². The molecule has 1 N–H and O–H groups in total. The average molecular weight is 294 g/mol. The molecule has 0 amide bonds. The Morgan fingerprint density at radius 1 is 1.43 bits per heavy atom. The summed E-state index contributed by atoms with van der Waals surface area (Å²) in [6, 6.07) is 4.36. The van der Waals surface area contributed by atoms with Crippen molar-refractivity contribution in [3.8, 4) is 5.75 Å². The zero-order valence-electron chi connectivity index (χ0n) is 12.0. The van der Waals surface area contributed by atoms with Gasteiger partial charge in [-0.15, -0.1) is 0 Å². The molecule has 0 spiro atoms. The van der Waals surface area contributed by atoms with Crippen LogP contribution in [0.5, 0.6) is 5.75 Å². The summed E-state index contributed by atoms with van der Waals surface area (Å²) in [5, 5.41) is 20.5. The van der Waals surface area contributed by atoms with Gasteiger partial charge in [-0.05, 0) is 26.2 Å². The lowest BCUT2D eigenvalue weighted by molar-refractivity contribution is -0.384. The number of rotatable bonds is 4. The van der Waals surface area contributed by atoms with E-state index < -0.39 is 16.4 Å². The molecule has 1 fully saturated rings. The third-order valence-electron chi connectivity index (χ3n) is 3.99. The molecular formula is C14H18N2O5. The first-order chi connectivity index (χ1) is 9.88. The minimum atomic E-state index is -1.06. The van der Waals surface area contributed by atoms with E-state index in [4.69, 9.17) is 4.74 Å². The minimum absolute atomic E-state index is 0.109. The number of non-ortho nitro benzene ring substituents is 1. The number of piperidine rings is 1. The molecule has 0 radical (unpaired) electrons. The maximum atomic E-state index is 11.6. The summed E-state index contributed by atoms with van der Waals surface area (Å²) in [4.78, 5) is 23.9. The maximum Gasteiger partial charge on any atom is 0.329 e. The van der Waals surface area contributed by atoms with E-state index in [-0.39, 0.29) is 5.69 Å². The van der Waals surface area contributed by atoms with E-state index in [1.807, 2.05) is 0 Å². The van der Waals surface area contributed by atoms with Gasteiger partial charge >= 0.3 is 5.97 Å². The van der Waals surface area contributed by atoms with Crippen LogP contribution in [-0.4, -0.2) is 35.2 Å². The van der Waals surface area contributed by atoms with Gasteiger partial charge in [-0.3, -0.25) is 10.1 Å². The van der Waals surface area contributed by atoms with Crippen molar-refractivity contribution < 1.29 is 19.6 Å². The largest absolute Gasteiger partial charge is 0.496 e. The molecule has 0 bridgehead atoms. The number of anilines is 1. The first-order valence-corrected chi connectivity index (χ1v) is 6.73. The molecule has 7 nitrogen and oxygen atoms in total. The van der Waals surface area contributed by atoms with Crippen LogP contribution in [0, 0.1) is 10.1 Å². The van der Waals surface area contributed by atoms with Gasteiger partial charge in [0.1, 0.15) is 11.3 Å². The number of aliphatic carboxylic acids is 1. The van der Waals surface area contributed by atoms with Crippen LogP contribution >= 0.6 is 0 Å². The summed E-state index contributed by atoms with van der Waals surface area (Å²) in [6.45, 7) is 2.20. The molecule has 1 heterocycles. The van der Waals surface area contributed by atoms with Crippen molar-refractivity contribution in [2.24, 2.45) is 0 Å². The molecule has 1 saturated heterocycles. The van der Waals surface area contributed by atoms with Crippen molar-refractivity contribution in [3.05, 3.63) is 28.3 Å². The molecule has 0 aliphatic carbocycles. The summed E-state index contributed by atoms with van der Waals surface area (Å²) in [5.74, 6) is -0.579. The maximum absolute atomic E-state index is 11.6. The Kier molecular flexibility index (Phi) is 4.02. The lowest BCUT2D eigenvalue weighted by Gasteiger charge is -2.43. The van der Waals surface area contributed by atoms with Crippen LogP contribution in [0.15, 0.2) is 18.2 Å². The predicted octanol–water partition coefficient (Wildman–Crippen LogP) is 2.44. The fraction of sp³-hybridized carbons (Fsp3) is 0.500. The molecule has 1 aromatic carbocycles. The second kappa shape index (κ2) is 5.59. The Labute approximate surface area is 122 Å². The zero-order valence-corrected chi connectivity index (χ0v) is 12.0. The fourth-order valence-electron chi connectivity index (χ4n) is 2.70. The van der Waals surface area contributed by atoms with Crippen LogP contribution in [0.1, 0.15) is 26.2 Å². The van der Waals surface area contributed by atoms with E-state index in [0.29, 0.717) is 24.4 Å². The van der Waals surface area contributed by atoms with Gasteiger partial charge in [0.05, 0.1) is 18.1 Å². The number of carbonyl (C=O) groups is 1. The molecule has 1 atom stereocenters. The van der Waals surface area contributed by atoms with Gasteiger partial charge < -0.3 is 14.7 Å². The highest BCUT2D eigenvalue weighted by atomic mass is 16.6. The van der Waals surface area contributed by atoms with Gasteiger partial charge in [-0.1, -0.05) is 0 Å². The Balaban J connectivity index is 2.50. The first-order valence-electron chi connectivity index (χ1n) is 6.73. The Bertz CT molecular complexity index is 574. The van der Waals surface area contributed by atoms with E-state index in [1.54, 1.807) is 17.9 Å². The molecule has 7 heteroatoms. The summed E-state index contributed by atoms with van der Waals surface area (Å²) in [7, 11) is 1.43. The standard InChI is InChI=1S/C14H18N2O5/c1-14(13(17)18)5-3-4-6-15(14)10-7-11(16(19)20)9-12(8-10)21-2/h7-9H,3-6H2,1-2H3,(H,17,18). The zero-order chi connectivity index (χ0) is 15.6. The summed E-state index contributed by atoms with van der Waals surface area (Å²) >= 11 is 0. The van der Waals surface area contributed by atoms with Crippen LogP contribution < -0.4 is 9.64 Å². The van der Waals surface area contributed by atoms with Gasteiger partial charge in [0.25, 0.3) is 5.69 Å². The highest BCUT2D eigenvalue weighted by Gasteiger charge is 2.42. The lowest BCUT2D eigenvalue weighted by atomic mass is 9.88. The number of nitro groups is 1. The predicted molar refractivity (Wildman–Crippen MR) is 76.9 cm³/mol. The quantitative estimate of drug-likeness (QED) is 0.677. The van der Waals surface area contributed by atoms with E-state index in [2.05, 4.69) is 0 Å². The van der Waals surface area contributed by atoms with Gasteiger partial charge in [0.15, 0.2) is 0 Å². The normalized spacial score (nSPS) is 21.9. The molecule has 0 aromatic heterocycles. The third-order valence-corrected chi connectivity index (χ3v) is 3.99. The highest BCUT2D eigenvalue weighted by molar-refractivity contribution is 5.84. The fourth-order valence-corrected chi connectivity index (χ4v) is 2.70. The first kappa shape index (κ1) is 15.1. The summed E-state index contributed by atoms with van der Waals surface area (Å²) in [5.41, 5.74) is -0.660. The Morgan fingerprint density at radius 2 is 2.14 bits per heavy atom. The van der Waals surface area contributed by atoms with Crippen LogP contribution in [-0.2, 0) is 4.79 Å². The van der Waals surface area contributed by atoms with E-state index in [0.717, 1.165) is 12.8 Å². The van der Waals surface area contributed by atoms with E-state index in [1.165, 1.54) is 19.2 Å². The van der Waals surface area contributed by atoms with Crippen molar-refractivity contribution in [1.29, 1.82) is 0 Å². The van der Waals surface area contributed by atoms with Crippen molar-refractivity contribution in [2.75, 3.05) is 18.6 Å². The molecule has 2 rings (SSSR count). The number of benzene rings is 1. The van der Waals surface area contributed by atoms with Crippen molar-refractivity contribution in [1.82, 2.24) is 0 Å². The number of nitro benzene ring substituents is 1. The summed E-state index contributed by atoms with van der Waals surface area (Å²) in [6.07, 6.45) is 2.19. The second-order valence-corrected chi connectivity index (χ2v) is 5.33. The van der Waals surface area contributed by atoms with Crippen LogP contribution in [0.2, 0.25) is 0 Å². The molecule has 1 aromatic rings. The van der Waals surface area contributed by atoms with Gasteiger partial charge in [-0.2, -0.15) is 0 Å². The number of carboxylic acid groups (broad SMARTS) is 1. The monoisotopic (exact) mass is 294 g/mol. The molecule has 114 valence electrons. The smallest absolute Gasteiger partial charge is 0.329 e. The molecule has 21 heavy (non-hydrogen) atoms. The SMILES string of the molecule is COc1cc(N2CCCCC2(C)C(=O)O)cc([N+](=O)[O-])c1. The van der Waals surface area contributed by atoms with Crippen molar-refractivity contribution in [2.45, 2.75) is 31.7 Å². The third kappa shape index (κ3) is 2.76. The number of hydrogen-bond acceptors (Lipinski definition) is 5. The summed E-state index contributed by atoms with van der Waals surface area (Å²) < 4.78 is 5.09. The average Bonchev–Trinajstić information content (AvgIpc) is 2.46. The number of nitrogens with zero attached hydrogens (tertiary/aromatic N) is 2. The van der Waals surface area contributed by atoms with E-state index >= 15 is 0 Å². The highest BCUT2D eigenvalue weighted by Crippen LogP contribution is 2.37. The van der Waals surface area contributed by atoms with Crippen molar-refractivity contribution in [3.63, 3.8) is 0 Å². The Hall–Kier alpha value is -2.31. The van der Waals surface area contributed by atoms with Crippen LogP contribution in [0.25, 0.3) is 0 Å². The van der Waals surface area contributed by atoms with Gasteiger partial charge in [-0.25, -0.2) is 4.79 Å². The number of carboxylic acids is 1. The molecule has 1 unspecified atom stereocenters.